The molecule has 178 valence electrons. The van der Waals surface area contributed by atoms with Crippen LogP contribution in [0.4, 0.5) is 5.82 Å². The fourth-order valence-electron chi connectivity index (χ4n) is 4.36. The number of hydrogen-bond acceptors (Lipinski definition) is 7. The van der Waals surface area contributed by atoms with Crippen LogP contribution in [0.1, 0.15) is 36.1 Å². The van der Waals surface area contributed by atoms with Crippen molar-refractivity contribution in [1.82, 2.24) is 10.5 Å². The molecule has 2 aromatic carbocycles. The third-order valence-corrected chi connectivity index (χ3v) is 6.14. The summed E-state index contributed by atoms with van der Waals surface area (Å²) in [4.78, 5) is 26.2. The van der Waals surface area contributed by atoms with E-state index in [1.807, 2.05) is 12.1 Å². The molecule has 0 bridgehead atoms. The first-order valence-electron chi connectivity index (χ1n) is 11.5. The first kappa shape index (κ1) is 23.7. The van der Waals surface area contributed by atoms with Gasteiger partial charge in [0, 0.05) is 12.1 Å². The van der Waals surface area contributed by atoms with Gasteiger partial charge in [-0.2, -0.15) is 0 Å². The Morgan fingerprint density at radius 3 is 2.35 bits per heavy atom. The zero-order valence-corrected chi connectivity index (χ0v) is 19.1. The summed E-state index contributed by atoms with van der Waals surface area (Å²) in [6, 6.07) is 19.0. The maximum atomic E-state index is 13.2. The van der Waals surface area contributed by atoms with Gasteiger partial charge in [-0.25, -0.2) is 4.79 Å². The first-order chi connectivity index (χ1) is 16.5. The van der Waals surface area contributed by atoms with E-state index in [-0.39, 0.29) is 18.6 Å². The number of carbonyl (C=O) groups excluding carboxylic acids is 2. The van der Waals surface area contributed by atoms with Crippen molar-refractivity contribution < 1.29 is 24.0 Å². The van der Waals surface area contributed by atoms with Crippen LogP contribution in [-0.4, -0.2) is 41.3 Å². The van der Waals surface area contributed by atoms with Gasteiger partial charge < -0.3 is 25.0 Å². The monoisotopic (exact) mass is 463 g/mol. The lowest BCUT2D eigenvalue weighted by Crippen LogP contribution is -2.41. The SMILES string of the molecule is Cc1cc(NC(=O)C(CCOC(=O)C(O)(c2ccccc2)c2ccccc2)[C@H]2CCCN2)no1. The van der Waals surface area contributed by atoms with Crippen LogP contribution in [0.25, 0.3) is 0 Å². The van der Waals surface area contributed by atoms with Crippen LogP contribution in [0, 0.1) is 12.8 Å². The average molecular weight is 464 g/mol. The molecule has 3 N–H and O–H groups in total. The predicted octanol–water partition coefficient (Wildman–Crippen LogP) is 3.16. The molecule has 0 radical (unpaired) electrons. The number of aromatic nitrogens is 1. The summed E-state index contributed by atoms with van der Waals surface area (Å²) >= 11 is 0. The predicted molar refractivity (Wildman–Crippen MR) is 126 cm³/mol. The van der Waals surface area contributed by atoms with Gasteiger partial charge in [-0.1, -0.05) is 65.8 Å². The molecule has 8 nitrogen and oxygen atoms in total. The van der Waals surface area contributed by atoms with Gasteiger partial charge in [0.05, 0.1) is 12.5 Å². The second kappa shape index (κ2) is 10.6. The molecule has 1 aliphatic rings. The highest BCUT2D eigenvalue weighted by atomic mass is 16.5. The lowest BCUT2D eigenvalue weighted by atomic mass is 9.86. The topological polar surface area (TPSA) is 114 Å². The smallest absolute Gasteiger partial charge is 0.347 e. The third kappa shape index (κ3) is 5.18. The number of aryl methyl sites for hydroxylation is 1. The quantitative estimate of drug-likeness (QED) is 0.418. The normalized spacial score (nSPS) is 16.7. The summed E-state index contributed by atoms with van der Waals surface area (Å²) in [6.07, 6.45) is 2.12. The average Bonchev–Trinajstić information content (AvgIpc) is 3.54. The van der Waals surface area contributed by atoms with Gasteiger partial charge >= 0.3 is 5.97 Å². The van der Waals surface area contributed by atoms with Crippen molar-refractivity contribution in [1.29, 1.82) is 0 Å². The molecule has 8 heteroatoms. The van der Waals surface area contributed by atoms with Gasteiger partial charge in [0.1, 0.15) is 5.76 Å². The summed E-state index contributed by atoms with van der Waals surface area (Å²) in [6.45, 7) is 2.56. The van der Waals surface area contributed by atoms with Crippen molar-refractivity contribution in [3.8, 4) is 0 Å². The molecule has 0 aliphatic carbocycles. The van der Waals surface area contributed by atoms with E-state index in [0.717, 1.165) is 19.4 Å². The molecule has 0 spiro atoms. The van der Waals surface area contributed by atoms with Gasteiger partial charge in [0.25, 0.3) is 0 Å². The Balaban J connectivity index is 1.47. The molecule has 1 amide bonds. The van der Waals surface area contributed by atoms with Crippen LogP contribution in [0.15, 0.2) is 71.3 Å². The van der Waals surface area contributed by atoms with Crippen LogP contribution in [-0.2, 0) is 19.9 Å². The Morgan fingerprint density at radius 1 is 1.18 bits per heavy atom. The zero-order chi connectivity index (χ0) is 24.0. The number of aliphatic hydroxyl groups is 1. The summed E-state index contributed by atoms with van der Waals surface area (Å²) in [7, 11) is 0. The number of anilines is 1. The van der Waals surface area contributed by atoms with E-state index in [9.17, 15) is 14.7 Å². The van der Waals surface area contributed by atoms with Gasteiger partial charge in [0.15, 0.2) is 5.82 Å². The summed E-state index contributed by atoms with van der Waals surface area (Å²) in [5, 5.41) is 21.5. The number of nitrogens with zero attached hydrogens (tertiary/aromatic N) is 1. The maximum absolute atomic E-state index is 13.2. The molecule has 3 aromatic rings. The Kier molecular flexibility index (Phi) is 7.40. The molecule has 1 unspecified atom stereocenters. The molecule has 1 aromatic heterocycles. The highest BCUT2D eigenvalue weighted by Gasteiger charge is 2.42. The van der Waals surface area contributed by atoms with Crippen LogP contribution in [0.2, 0.25) is 0 Å². The van der Waals surface area contributed by atoms with Crippen molar-refractivity contribution in [2.24, 2.45) is 5.92 Å². The number of hydrogen-bond donors (Lipinski definition) is 3. The lowest BCUT2D eigenvalue weighted by Gasteiger charge is -2.28. The minimum Gasteiger partial charge on any atom is -0.463 e. The number of amides is 1. The molecule has 2 atom stereocenters. The van der Waals surface area contributed by atoms with Gasteiger partial charge in [-0.15, -0.1) is 0 Å². The largest absolute Gasteiger partial charge is 0.463 e. The van der Waals surface area contributed by atoms with Gasteiger partial charge in [-0.05, 0) is 43.9 Å². The molecule has 4 rings (SSSR count). The maximum Gasteiger partial charge on any atom is 0.347 e. The Hall–Kier alpha value is -3.49. The van der Waals surface area contributed by atoms with Crippen LogP contribution in [0.5, 0.6) is 0 Å². The van der Waals surface area contributed by atoms with Crippen molar-refractivity contribution >= 4 is 17.7 Å². The van der Waals surface area contributed by atoms with Crippen molar-refractivity contribution in [3.63, 3.8) is 0 Å². The number of carbonyl (C=O) groups is 2. The van der Waals surface area contributed by atoms with E-state index in [2.05, 4.69) is 15.8 Å². The Bertz CT molecular complexity index is 1050. The highest BCUT2D eigenvalue weighted by Crippen LogP contribution is 2.31. The fourth-order valence-corrected chi connectivity index (χ4v) is 4.36. The highest BCUT2D eigenvalue weighted by molar-refractivity contribution is 5.92. The third-order valence-electron chi connectivity index (χ3n) is 6.14. The summed E-state index contributed by atoms with van der Waals surface area (Å²) < 4.78 is 10.6. The van der Waals surface area contributed by atoms with Gasteiger partial charge in [-0.3, -0.25) is 4.79 Å². The molecule has 1 fully saturated rings. The van der Waals surface area contributed by atoms with E-state index >= 15 is 0 Å². The molecule has 2 heterocycles. The summed E-state index contributed by atoms with van der Waals surface area (Å²) in [5.41, 5.74) is -1.12. The zero-order valence-electron chi connectivity index (χ0n) is 19.1. The van der Waals surface area contributed by atoms with E-state index in [1.54, 1.807) is 61.5 Å². The molecule has 1 aliphatic heterocycles. The minimum atomic E-state index is -1.95. The number of rotatable bonds is 9. The number of nitrogens with one attached hydrogen (secondary N) is 2. The second-order valence-electron chi connectivity index (χ2n) is 8.49. The number of esters is 1. The second-order valence-corrected chi connectivity index (χ2v) is 8.49. The van der Waals surface area contributed by atoms with Crippen LogP contribution >= 0.6 is 0 Å². The summed E-state index contributed by atoms with van der Waals surface area (Å²) in [5.74, 6) is -0.486. The van der Waals surface area contributed by atoms with E-state index < -0.39 is 17.5 Å². The van der Waals surface area contributed by atoms with Crippen LogP contribution < -0.4 is 10.6 Å². The molecular formula is C26H29N3O5. The van der Waals surface area contributed by atoms with E-state index in [0.29, 0.717) is 29.1 Å². The van der Waals surface area contributed by atoms with Crippen molar-refractivity contribution in [2.75, 3.05) is 18.5 Å². The molecule has 1 saturated heterocycles. The minimum absolute atomic E-state index is 0.0189. The van der Waals surface area contributed by atoms with Crippen molar-refractivity contribution in [3.05, 3.63) is 83.6 Å². The van der Waals surface area contributed by atoms with Gasteiger partial charge in [0.2, 0.25) is 11.5 Å². The lowest BCUT2D eigenvalue weighted by molar-refractivity contribution is -0.163. The number of ether oxygens (including phenoxy) is 1. The molecular weight excluding hydrogens is 434 g/mol. The van der Waals surface area contributed by atoms with E-state index in [4.69, 9.17) is 9.26 Å². The van der Waals surface area contributed by atoms with Crippen LogP contribution in [0.3, 0.4) is 0 Å². The Labute approximate surface area is 198 Å². The standard InChI is InChI=1S/C26H29N3O5/c1-18-17-23(29-34-18)28-24(30)21(22-13-8-15-27-22)14-16-33-25(31)26(32,19-9-4-2-5-10-19)20-11-6-3-7-12-20/h2-7,9-12,17,21-22,27,32H,8,13-16H2,1H3,(H,28,29,30)/t21?,22-/m1/s1. The Morgan fingerprint density at radius 2 is 1.82 bits per heavy atom. The van der Waals surface area contributed by atoms with Crippen molar-refractivity contribution in [2.45, 2.75) is 37.8 Å². The molecule has 0 saturated carbocycles. The fraction of sp³-hybridized carbons (Fsp3) is 0.346. The molecule has 34 heavy (non-hydrogen) atoms. The first-order valence-corrected chi connectivity index (χ1v) is 11.5. The van der Waals surface area contributed by atoms with E-state index in [1.165, 1.54) is 0 Å². The number of benzene rings is 2.